The molecule has 1 amide bonds. The lowest BCUT2D eigenvalue weighted by atomic mass is 10.2. The zero-order valence-corrected chi connectivity index (χ0v) is 11.8. The number of rotatable bonds is 7. The molecule has 0 aliphatic rings. The van der Waals surface area contributed by atoms with Crippen LogP contribution in [-0.2, 0) is 9.53 Å². The fourth-order valence-electron chi connectivity index (χ4n) is 1.48. The Kier molecular flexibility index (Phi) is 6.59. The highest BCUT2D eigenvalue weighted by molar-refractivity contribution is 6.30. The van der Waals surface area contributed by atoms with E-state index in [4.69, 9.17) is 16.3 Å². The maximum Gasteiger partial charge on any atom is 0.242 e. The lowest BCUT2D eigenvalue weighted by molar-refractivity contribution is -0.121. The maximum atomic E-state index is 13.2. The number of carbonyl (C=O) groups is 1. The van der Waals surface area contributed by atoms with E-state index >= 15 is 0 Å². The van der Waals surface area contributed by atoms with Gasteiger partial charge in [-0.25, -0.2) is 4.39 Å². The molecular weight excluding hydrogens is 271 g/mol. The Hall–Kier alpha value is -1.33. The SMILES string of the molecule is COCCCNC(=O)C(C)Nc1ccc(Cl)c(F)c1. The topological polar surface area (TPSA) is 50.4 Å². The van der Waals surface area contributed by atoms with Crippen molar-refractivity contribution in [3.63, 3.8) is 0 Å². The fourth-order valence-corrected chi connectivity index (χ4v) is 1.60. The molecule has 0 radical (unpaired) electrons. The van der Waals surface area contributed by atoms with Crippen LogP contribution in [-0.4, -0.2) is 32.2 Å². The number of carbonyl (C=O) groups excluding carboxylic acids is 1. The standard InChI is InChI=1S/C13H18ClFN2O2/c1-9(13(18)16-6-3-7-19-2)17-10-4-5-11(14)12(15)8-10/h4-5,8-9,17H,3,6-7H2,1-2H3,(H,16,18). The number of anilines is 1. The summed E-state index contributed by atoms with van der Waals surface area (Å²) < 4.78 is 18.1. The van der Waals surface area contributed by atoms with Gasteiger partial charge in [0.2, 0.25) is 5.91 Å². The summed E-state index contributed by atoms with van der Waals surface area (Å²) in [6, 6.07) is 3.88. The Morgan fingerprint density at radius 2 is 2.26 bits per heavy atom. The summed E-state index contributed by atoms with van der Waals surface area (Å²) in [5.74, 6) is -0.661. The zero-order valence-electron chi connectivity index (χ0n) is 11.0. The van der Waals surface area contributed by atoms with E-state index in [1.54, 1.807) is 20.1 Å². The van der Waals surface area contributed by atoms with Gasteiger partial charge in [-0.2, -0.15) is 0 Å². The molecule has 0 saturated heterocycles. The summed E-state index contributed by atoms with van der Waals surface area (Å²) in [6.07, 6.45) is 0.754. The Morgan fingerprint density at radius 3 is 2.89 bits per heavy atom. The predicted octanol–water partition coefficient (Wildman–Crippen LogP) is 2.43. The number of nitrogens with one attached hydrogen (secondary N) is 2. The number of hydrogen-bond donors (Lipinski definition) is 2. The average Bonchev–Trinajstić information content (AvgIpc) is 2.38. The summed E-state index contributed by atoms with van der Waals surface area (Å²) >= 11 is 5.58. The normalized spacial score (nSPS) is 12.0. The van der Waals surface area contributed by atoms with Crippen molar-refractivity contribution < 1.29 is 13.9 Å². The molecule has 1 aromatic carbocycles. The number of hydrogen-bond acceptors (Lipinski definition) is 3. The molecule has 106 valence electrons. The molecule has 0 aliphatic heterocycles. The molecule has 4 nitrogen and oxygen atoms in total. The minimum atomic E-state index is -0.514. The largest absolute Gasteiger partial charge is 0.385 e. The molecule has 6 heteroatoms. The van der Waals surface area contributed by atoms with E-state index in [1.165, 1.54) is 12.1 Å². The molecule has 0 heterocycles. The molecule has 0 aromatic heterocycles. The maximum absolute atomic E-state index is 13.2. The highest BCUT2D eigenvalue weighted by atomic mass is 35.5. The summed E-state index contributed by atoms with van der Waals surface area (Å²) in [5, 5.41) is 5.73. The Balaban J connectivity index is 2.42. The quantitative estimate of drug-likeness (QED) is 0.758. The molecule has 2 N–H and O–H groups in total. The first kappa shape index (κ1) is 15.7. The molecule has 0 saturated carbocycles. The van der Waals surface area contributed by atoms with Crippen LogP contribution >= 0.6 is 11.6 Å². The zero-order chi connectivity index (χ0) is 14.3. The van der Waals surface area contributed by atoms with E-state index in [-0.39, 0.29) is 10.9 Å². The van der Waals surface area contributed by atoms with Crippen LogP contribution in [0.3, 0.4) is 0 Å². The lowest BCUT2D eigenvalue weighted by Crippen LogP contribution is -2.38. The van der Waals surface area contributed by atoms with Crippen molar-refractivity contribution >= 4 is 23.2 Å². The molecule has 1 aromatic rings. The van der Waals surface area contributed by atoms with Gasteiger partial charge in [0, 0.05) is 25.9 Å². The van der Waals surface area contributed by atoms with Gasteiger partial charge in [0.15, 0.2) is 0 Å². The monoisotopic (exact) mass is 288 g/mol. The summed E-state index contributed by atoms with van der Waals surface area (Å²) in [5.41, 5.74) is 0.515. The third-order valence-electron chi connectivity index (χ3n) is 2.52. The Morgan fingerprint density at radius 1 is 1.53 bits per heavy atom. The summed E-state index contributed by atoms with van der Waals surface area (Å²) in [6.45, 7) is 2.86. The van der Waals surface area contributed by atoms with Crippen LogP contribution in [0.5, 0.6) is 0 Å². The lowest BCUT2D eigenvalue weighted by Gasteiger charge is -2.15. The van der Waals surface area contributed by atoms with E-state index < -0.39 is 11.9 Å². The highest BCUT2D eigenvalue weighted by Gasteiger charge is 2.12. The number of benzene rings is 1. The van der Waals surface area contributed by atoms with Gasteiger partial charge in [-0.3, -0.25) is 4.79 Å². The smallest absolute Gasteiger partial charge is 0.242 e. The first-order chi connectivity index (χ1) is 9.04. The second-order valence-electron chi connectivity index (χ2n) is 4.13. The summed E-state index contributed by atoms with van der Waals surface area (Å²) in [7, 11) is 1.61. The Bertz CT molecular complexity index is 429. The van der Waals surface area contributed by atoms with Crippen LogP contribution in [0.1, 0.15) is 13.3 Å². The summed E-state index contributed by atoms with van der Waals surface area (Å²) in [4.78, 5) is 11.7. The van der Waals surface area contributed by atoms with Crippen molar-refractivity contribution in [1.82, 2.24) is 5.32 Å². The van der Waals surface area contributed by atoms with E-state index in [2.05, 4.69) is 10.6 Å². The Labute approximate surface area is 117 Å². The minimum Gasteiger partial charge on any atom is -0.385 e. The number of methoxy groups -OCH3 is 1. The molecule has 1 rings (SSSR count). The van der Waals surface area contributed by atoms with Crippen LogP contribution in [0.15, 0.2) is 18.2 Å². The third-order valence-corrected chi connectivity index (χ3v) is 2.83. The van der Waals surface area contributed by atoms with Gasteiger partial charge >= 0.3 is 0 Å². The molecular formula is C13H18ClFN2O2. The van der Waals surface area contributed by atoms with Crippen molar-refractivity contribution in [2.24, 2.45) is 0 Å². The first-order valence-corrected chi connectivity index (χ1v) is 6.40. The van der Waals surface area contributed by atoms with E-state index in [9.17, 15) is 9.18 Å². The molecule has 0 bridgehead atoms. The minimum absolute atomic E-state index is 0.0576. The molecule has 1 atom stereocenters. The van der Waals surface area contributed by atoms with Gasteiger partial charge in [0.05, 0.1) is 5.02 Å². The average molecular weight is 289 g/mol. The first-order valence-electron chi connectivity index (χ1n) is 6.03. The predicted molar refractivity (Wildman–Crippen MR) is 74.0 cm³/mol. The van der Waals surface area contributed by atoms with Crippen LogP contribution in [0.25, 0.3) is 0 Å². The second kappa shape index (κ2) is 7.96. The fraction of sp³-hybridized carbons (Fsp3) is 0.462. The van der Waals surface area contributed by atoms with Crippen LogP contribution < -0.4 is 10.6 Å². The number of halogens is 2. The van der Waals surface area contributed by atoms with Gasteiger partial charge in [0.1, 0.15) is 11.9 Å². The number of ether oxygens (including phenoxy) is 1. The van der Waals surface area contributed by atoms with Gasteiger partial charge < -0.3 is 15.4 Å². The van der Waals surface area contributed by atoms with Gasteiger partial charge in [0.25, 0.3) is 0 Å². The van der Waals surface area contributed by atoms with E-state index in [0.29, 0.717) is 18.8 Å². The second-order valence-corrected chi connectivity index (χ2v) is 4.54. The molecule has 1 unspecified atom stereocenters. The molecule has 0 aliphatic carbocycles. The van der Waals surface area contributed by atoms with Crippen LogP contribution in [0.4, 0.5) is 10.1 Å². The number of amides is 1. The van der Waals surface area contributed by atoms with E-state index in [1.807, 2.05) is 0 Å². The van der Waals surface area contributed by atoms with Crippen molar-refractivity contribution in [2.45, 2.75) is 19.4 Å². The van der Waals surface area contributed by atoms with Gasteiger partial charge in [-0.05, 0) is 31.5 Å². The van der Waals surface area contributed by atoms with Gasteiger partial charge in [-0.15, -0.1) is 0 Å². The van der Waals surface area contributed by atoms with Crippen LogP contribution in [0, 0.1) is 5.82 Å². The third kappa shape index (κ3) is 5.44. The molecule has 0 spiro atoms. The van der Waals surface area contributed by atoms with Crippen molar-refractivity contribution in [1.29, 1.82) is 0 Å². The van der Waals surface area contributed by atoms with Crippen molar-refractivity contribution in [2.75, 3.05) is 25.6 Å². The van der Waals surface area contributed by atoms with Crippen molar-refractivity contribution in [3.8, 4) is 0 Å². The highest BCUT2D eigenvalue weighted by Crippen LogP contribution is 2.19. The van der Waals surface area contributed by atoms with Crippen molar-refractivity contribution in [3.05, 3.63) is 29.0 Å². The van der Waals surface area contributed by atoms with Crippen LogP contribution in [0.2, 0.25) is 5.02 Å². The molecule has 19 heavy (non-hydrogen) atoms. The van der Waals surface area contributed by atoms with Gasteiger partial charge in [-0.1, -0.05) is 11.6 Å². The molecule has 0 fully saturated rings. The van der Waals surface area contributed by atoms with E-state index in [0.717, 1.165) is 6.42 Å².